The summed E-state index contributed by atoms with van der Waals surface area (Å²) in [6, 6.07) is 17.0. The highest BCUT2D eigenvalue weighted by Crippen LogP contribution is 2.37. The van der Waals surface area contributed by atoms with Crippen LogP contribution in [0.15, 0.2) is 54.7 Å². The Balaban J connectivity index is 1.26. The number of aromatic amines is 1. The van der Waals surface area contributed by atoms with Crippen LogP contribution in [0.1, 0.15) is 65.0 Å². The number of anilines is 1. The summed E-state index contributed by atoms with van der Waals surface area (Å²) in [6.45, 7) is 3.51. The van der Waals surface area contributed by atoms with E-state index in [1.54, 1.807) is 0 Å². The summed E-state index contributed by atoms with van der Waals surface area (Å²) < 4.78 is 0. The molecule has 1 amide bonds. The van der Waals surface area contributed by atoms with E-state index in [2.05, 4.69) is 69.8 Å². The first kappa shape index (κ1) is 23.4. The molecular formula is C33H34N4O. The molecular weight excluding hydrogens is 468 g/mol. The van der Waals surface area contributed by atoms with Crippen LogP contribution in [-0.2, 0) is 30.5 Å². The third-order valence-electron chi connectivity index (χ3n) is 8.61. The Morgan fingerprint density at radius 1 is 0.974 bits per heavy atom. The first-order valence-corrected chi connectivity index (χ1v) is 14.2. The summed E-state index contributed by atoms with van der Waals surface area (Å²) in [5, 5.41) is 5.52. The maximum absolute atomic E-state index is 13.2. The molecule has 2 aromatic heterocycles. The van der Waals surface area contributed by atoms with Crippen LogP contribution in [-0.4, -0.2) is 40.4 Å². The molecule has 0 unspecified atom stereocenters. The Bertz CT molecular complexity index is 1550. The molecule has 0 saturated carbocycles. The van der Waals surface area contributed by atoms with Crippen LogP contribution in [0.5, 0.6) is 0 Å². The van der Waals surface area contributed by atoms with E-state index in [0.29, 0.717) is 0 Å². The number of carbonyl (C=O) groups excluding carboxylic acids is 1. The number of pyridine rings is 1. The van der Waals surface area contributed by atoms with Crippen molar-refractivity contribution in [3.8, 4) is 0 Å². The molecule has 1 fully saturated rings. The number of amides is 1. The van der Waals surface area contributed by atoms with Crippen LogP contribution in [0, 0.1) is 0 Å². The van der Waals surface area contributed by atoms with E-state index < -0.39 is 0 Å². The number of rotatable bonds is 6. The Morgan fingerprint density at radius 2 is 1.84 bits per heavy atom. The van der Waals surface area contributed by atoms with E-state index in [9.17, 15) is 4.79 Å². The molecule has 192 valence electrons. The van der Waals surface area contributed by atoms with Crippen molar-refractivity contribution in [3.63, 3.8) is 0 Å². The zero-order valence-corrected chi connectivity index (χ0v) is 21.9. The molecule has 7 rings (SSSR count). The lowest BCUT2D eigenvalue weighted by atomic mass is 9.91. The number of carbonyl (C=O) groups is 1. The maximum atomic E-state index is 13.2. The van der Waals surface area contributed by atoms with Crippen LogP contribution in [0.2, 0.25) is 0 Å². The van der Waals surface area contributed by atoms with Gasteiger partial charge in [0.25, 0.3) is 5.91 Å². The topological polar surface area (TPSA) is 61.0 Å². The van der Waals surface area contributed by atoms with Gasteiger partial charge in [0.2, 0.25) is 0 Å². The quantitative estimate of drug-likeness (QED) is 0.310. The zero-order valence-electron chi connectivity index (χ0n) is 21.9. The van der Waals surface area contributed by atoms with Crippen molar-refractivity contribution in [2.24, 2.45) is 0 Å². The number of nitrogens with zero attached hydrogens (tertiary/aromatic N) is 2. The number of nitrogens with one attached hydrogen (secondary N) is 2. The standard InChI is InChI=1S/C33H34N4O/c38-33-28(26-19-22(11-12-30(26)36-33)14-18-37-16-5-6-17-37)21-32-27(25-9-3-4-10-29(25)35-32)20-31-24-8-2-1-7-23(24)13-15-34-31/h1-2,7-8,11-13,15,19,21,35H,3-6,9-10,14,16-18,20H2,(H,36,38). The van der Waals surface area contributed by atoms with Crippen LogP contribution in [0.3, 0.4) is 0 Å². The lowest BCUT2D eigenvalue weighted by Crippen LogP contribution is -2.21. The Kier molecular flexibility index (Phi) is 6.09. The molecule has 1 saturated heterocycles. The van der Waals surface area contributed by atoms with Gasteiger partial charge in [-0.15, -0.1) is 0 Å². The van der Waals surface area contributed by atoms with Crippen molar-refractivity contribution in [2.45, 2.75) is 51.4 Å². The minimum Gasteiger partial charge on any atom is -0.358 e. The Hall–Kier alpha value is -3.70. The van der Waals surface area contributed by atoms with E-state index in [1.807, 2.05) is 6.20 Å². The SMILES string of the molecule is O=C1Nc2ccc(CCN3CCCC3)cc2C1=Cc1[nH]c2c(c1Cc1nccc3ccccc13)CCCC2. The monoisotopic (exact) mass is 502 g/mol. The number of H-pyrrole nitrogens is 1. The van der Waals surface area contributed by atoms with E-state index in [1.165, 1.54) is 71.9 Å². The van der Waals surface area contributed by atoms with Gasteiger partial charge in [-0.1, -0.05) is 30.3 Å². The third kappa shape index (κ3) is 4.35. The van der Waals surface area contributed by atoms with Gasteiger partial charge >= 0.3 is 0 Å². The molecule has 3 aliphatic rings. The molecule has 0 spiro atoms. The molecule has 5 heteroatoms. The summed E-state index contributed by atoms with van der Waals surface area (Å²) in [5.74, 6) is -0.0153. The summed E-state index contributed by atoms with van der Waals surface area (Å²) in [4.78, 5) is 24.3. The molecule has 2 N–H and O–H groups in total. The lowest BCUT2D eigenvalue weighted by molar-refractivity contribution is -0.110. The predicted octanol–water partition coefficient (Wildman–Crippen LogP) is 6.16. The normalized spacial score (nSPS) is 18.2. The van der Waals surface area contributed by atoms with Crippen molar-refractivity contribution in [1.29, 1.82) is 0 Å². The van der Waals surface area contributed by atoms with Crippen molar-refractivity contribution in [1.82, 2.24) is 14.9 Å². The molecule has 5 nitrogen and oxygen atoms in total. The van der Waals surface area contributed by atoms with Crippen LogP contribution >= 0.6 is 0 Å². The lowest BCUT2D eigenvalue weighted by Gasteiger charge is -2.14. The molecule has 4 aromatic rings. The van der Waals surface area contributed by atoms with E-state index in [0.717, 1.165) is 60.4 Å². The molecule has 2 aromatic carbocycles. The summed E-state index contributed by atoms with van der Waals surface area (Å²) in [6.07, 6.45) is 13.0. The van der Waals surface area contributed by atoms with Crippen LogP contribution in [0.4, 0.5) is 5.69 Å². The van der Waals surface area contributed by atoms with Gasteiger partial charge in [0.05, 0.1) is 11.3 Å². The summed E-state index contributed by atoms with van der Waals surface area (Å²) >= 11 is 0. The van der Waals surface area contributed by atoms with E-state index in [-0.39, 0.29) is 5.91 Å². The predicted molar refractivity (Wildman–Crippen MR) is 154 cm³/mol. The number of hydrogen-bond acceptors (Lipinski definition) is 3. The average Bonchev–Trinajstić information content (AvgIpc) is 3.66. The van der Waals surface area contributed by atoms with Crippen LogP contribution < -0.4 is 5.32 Å². The fraction of sp³-hybridized carbons (Fsp3) is 0.333. The zero-order chi connectivity index (χ0) is 25.5. The number of hydrogen-bond donors (Lipinski definition) is 2. The molecule has 38 heavy (non-hydrogen) atoms. The van der Waals surface area contributed by atoms with Crippen molar-refractivity contribution in [3.05, 3.63) is 94.1 Å². The largest absolute Gasteiger partial charge is 0.358 e. The highest BCUT2D eigenvalue weighted by molar-refractivity contribution is 6.35. The van der Waals surface area contributed by atoms with E-state index >= 15 is 0 Å². The molecule has 1 aliphatic carbocycles. The number of likely N-dealkylation sites (tertiary alicyclic amines) is 1. The van der Waals surface area contributed by atoms with Gasteiger partial charge < -0.3 is 15.2 Å². The van der Waals surface area contributed by atoms with Gasteiger partial charge in [0, 0.05) is 47.2 Å². The molecule has 0 atom stereocenters. The molecule has 0 radical (unpaired) electrons. The number of aromatic nitrogens is 2. The number of fused-ring (bicyclic) bond motifs is 3. The first-order valence-electron chi connectivity index (χ1n) is 14.2. The summed E-state index contributed by atoms with van der Waals surface area (Å²) in [7, 11) is 0. The number of benzene rings is 2. The van der Waals surface area contributed by atoms with Gasteiger partial charge in [0.1, 0.15) is 0 Å². The third-order valence-corrected chi connectivity index (χ3v) is 8.61. The van der Waals surface area contributed by atoms with Gasteiger partial charge in [-0.3, -0.25) is 9.78 Å². The highest BCUT2D eigenvalue weighted by Gasteiger charge is 2.27. The minimum atomic E-state index is -0.0153. The molecule has 2 aliphatic heterocycles. The fourth-order valence-corrected chi connectivity index (χ4v) is 6.56. The minimum absolute atomic E-state index is 0.0153. The molecule has 4 heterocycles. The van der Waals surface area contributed by atoms with Gasteiger partial charge in [-0.25, -0.2) is 0 Å². The van der Waals surface area contributed by atoms with Crippen molar-refractivity contribution < 1.29 is 4.79 Å². The second-order valence-electron chi connectivity index (χ2n) is 11.0. The second-order valence-corrected chi connectivity index (χ2v) is 11.0. The smallest absolute Gasteiger partial charge is 0.256 e. The Morgan fingerprint density at radius 3 is 2.76 bits per heavy atom. The van der Waals surface area contributed by atoms with Gasteiger partial charge in [-0.2, -0.15) is 0 Å². The van der Waals surface area contributed by atoms with Crippen LogP contribution in [0.25, 0.3) is 22.4 Å². The van der Waals surface area contributed by atoms with Crippen molar-refractivity contribution >= 4 is 34.0 Å². The van der Waals surface area contributed by atoms with Gasteiger partial charge in [0.15, 0.2) is 0 Å². The van der Waals surface area contributed by atoms with Gasteiger partial charge in [-0.05, 0) is 104 Å². The molecule has 0 bridgehead atoms. The van der Waals surface area contributed by atoms with Crippen molar-refractivity contribution in [2.75, 3.05) is 25.0 Å². The van der Waals surface area contributed by atoms with E-state index in [4.69, 9.17) is 4.98 Å². The second kappa shape index (κ2) is 9.88. The average molecular weight is 503 g/mol. The first-order chi connectivity index (χ1) is 18.7. The highest BCUT2D eigenvalue weighted by atomic mass is 16.2. The Labute approximate surface area is 224 Å². The fourth-order valence-electron chi connectivity index (χ4n) is 6.56. The maximum Gasteiger partial charge on any atom is 0.256 e. The number of aryl methyl sites for hydroxylation is 1. The summed E-state index contributed by atoms with van der Waals surface area (Å²) in [5.41, 5.74) is 10.2.